The molecular weight excluding hydrogens is 320 g/mol. The topological polar surface area (TPSA) is 92.4 Å². The van der Waals surface area contributed by atoms with E-state index in [0.29, 0.717) is 0 Å². The summed E-state index contributed by atoms with van der Waals surface area (Å²) in [5.41, 5.74) is 5.62. The van der Waals surface area contributed by atoms with Gasteiger partial charge in [0.25, 0.3) is 0 Å². The van der Waals surface area contributed by atoms with Gasteiger partial charge in [0.2, 0.25) is 5.91 Å². The van der Waals surface area contributed by atoms with E-state index in [0.717, 1.165) is 9.35 Å². The number of aliphatic carboxylic acids is 1. The maximum Gasteiger partial charge on any atom is 0.303 e. The molecule has 0 aliphatic heterocycles. The molecule has 0 aliphatic rings. The van der Waals surface area contributed by atoms with Crippen LogP contribution in [0.5, 0.6) is 0 Å². The van der Waals surface area contributed by atoms with Gasteiger partial charge in [-0.2, -0.15) is 0 Å². The number of carboxylic acids is 1. The van der Waals surface area contributed by atoms with E-state index in [1.807, 2.05) is 18.4 Å². The second-order valence-electron chi connectivity index (χ2n) is 3.94. The maximum absolute atomic E-state index is 11.7. The van der Waals surface area contributed by atoms with Gasteiger partial charge in [-0.25, -0.2) is 0 Å². The van der Waals surface area contributed by atoms with Gasteiger partial charge in [0.1, 0.15) is 0 Å². The Bertz CT molecular complexity index is 436. The number of carbonyl (C=O) groups is 2. The average Bonchev–Trinajstić information content (AvgIpc) is 2.72. The van der Waals surface area contributed by atoms with Gasteiger partial charge in [-0.15, -0.1) is 11.3 Å². The predicted molar refractivity (Wildman–Crippen MR) is 73.4 cm³/mol. The van der Waals surface area contributed by atoms with Crippen LogP contribution in [0.15, 0.2) is 15.9 Å². The van der Waals surface area contributed by atoms with Crippen molar-refractivity contribution in [3.63, 3.8) is 0 Å². The quantitative estimate of drug-likeness (QED) is 0.740. The minimum Gasteiger partial charge on any atom is -0.481 e. The zero-order chi connectivity index (χ0) is 13.7. The fraction of sp³-hybridized carbons (Fsp3) is 0.455. The Hall–Kier alpha value is -0.920. The highest BCUT2D eigenvalue weighted by Gasteiger charge is 2.18. The largest absolute Gasteiger partial charge is 0.481 e. The van der Waals surface area contributed by atoms with Crippen LogP contribution in [-0.4, -0.2) is 23.0 Å². The molecule has 1 amide bonds. The normalized spacial score (nSPS) is 13.9. The molecule has 2 atom stereocenters. The van der Waals surface area contributed by atoms with Crippen molar-refractivity contribution in [2.45, 2.75) is 31.8 Å². The van der Waals surface area contributed by atoms with Gasteiger partial charge in [-0.05, 0) is 35.3 Å². The summed E-state index contributed by atoms with van der Waals surface area (Å²) in [6.45, 7) is 1.86. The summed E-state index contributed by atoms with van der Waals surface area (Å²) in [6.07, 6.45) is 0.0372. The summed E-state index contributed by atoms with van der Waals surface area (Å²) in [7, 11) is 0. The molecule has 0 bridgehead atoms. The van der Waals surface area contributed by atoms with Crippen LogP contribution in [0.1, 0.15) is 30.7 Å². The summed E-state index contributed by atoms with van der Waals surface area (Å²) >= 11 is 4.88. The van der Waals surface area contributed by atoms with Crippen LogP contribution < -0.4 is 11.1 Å². The Kier molecular flexibility index (Phi) is 5.77. The van der Waals surface area contributed by atoms with Crippen molar-refractivity contribution in [3.05, 3.63) is 20.8 Å². The zero-order valence-corrected chi connectivity index (χ0v) is 12.3. The fourth-order valence-electron chi connectivity index (χ4n) is 1.36. The molecule has 0 radical (unpaired) electrons. The fourth-order valence-corrected chi connectivity index (χ4v) is 2.81. The number of hydrogen-bond donors (Lipinski definition) is 3. The molecule has 18 heavy (non-hydrogen) atoms. The maximum atomic E-state index is 11.7. The van der Waals surface area contributed by atoms with Crippen LogP contribution in [0, 0.1) is 0 Å². The third kappa shape index (κ3) is 4.75. The van der Waals surface area contributed by atoms with Gasteiger partial charge in [-0.3, -0.25) is 9.59 Å². The average molecular weight is 335 g/mol. The number of rotatable bonds is 6. The number of halogens is 1. The molecule has 0 unspecified atom stereocenters. The van der Waals surface area contributed by atoms with Crippen LogP contribution >= 0.6 is 27.3 Å². The zero-order valence-electron chi connectivity index (χ0n) is 9.85. The van der Waals surface area contributed by atoms with Crippen molar-refractivity contribution in [1.29, 1.82) is 0 Å². The molecule has 1 rings (SSSR count). The summed E-state index contributed by atoms with van der Waals surface area (Å²) in [5, 5.41) is 13.2. The summed E-state index contributed by atoms with van der Waals surface area (Å²) in [6, 6.07) is 1.01. The lowest BCUT2D eigenvalue weighted by molar-refractivity contribution is -0.137. The van der Waals surface area contributed by atoms with E-state index in [-0.39, 0.29) is 24.8 Å². The summed E-state index contributed by atoms with van der Waals surface area (Å²) in [5.74, 6) is -1.28. The Balaban J connectivity index is 2.46. The third-order valence-electron chi connectivity index (χ3n) is 2.38. The second-order valence-corrected chi connectivity index (χ2v) is 5.79. The van der Waals surface area contributed by atoms with Gasteiger partial charge in [0.05, 0.1) is 12.1 Å². The van der Waals surface area contributed by atoms with Gasteiger partial charge in [-0.1, -0.05) is 0 Å². The molecule has 0 saturated heterocycles. The number of nitrogens with one attached hydrogen (secondary N) is 1. The number of carbonyl (C=O) groups excluding carboxylic acids is 1. The predicted octanol–water partition coefficient (Wildman–Crippen LogP) is 1.88. The van der Waals surface area contributed by atoms with E-state index in [1.54, 1.807) is 0 Å². The van der Waals surface area contributed by atoms with Crippen molar-refractivity contribution in [2.75, 3.05) is 0 Å². The van der Waals surface area contributed by atoms with Gasteiger partial charge in [0, 0.05) is 21.2 Å². The number of thiophene rings is 1. The molecule has 0 spiro atoms. The SMILES string of the molecule is C[C@@H](NC(=O)[C@@H](N)CCC(=O)O)c1cc(Br)cs1. The smallest absolute Gasteiger partial charge is 0.303 e. The van der Waals surface area contributed by atoms with Crippen LogP contribution in [0.2, 0.25) is 0 Å². The van der Waals surface area contributed by atoms with Crippen LogP contribution in [-0.2, 0) is 9.59 Å². The third-order valence-corrected chi connectivity index (χ3v) is 4.26. The number of carboxylic acid groups (broad SMARTS) is 1. The highest BCUT2D eigenvalue weighted by atomic mass is 79.9. The first-order valence-electron chi connectivity index (χ1n) is 5.42. The molecule has 0 aliphatic carbocycles. The van der Waals surface area contributed by atoms with E-state index in [2.05, 4.69) is 21.2 Å². The first kappa shape index (κ1) is 15.1. The van der Waals surface area contributed by atoms with E-state index in [1.165, 1.54) is 11.3 Å². The molecule has 7 heteroatoms. The summed E-state index contributed by atoms with van der Waals surface area (Å²) < 4.78 is 0.971. The molecule has 1 aromatic heterocycles. The Labute approximate surface area is 118 Å². The highest BCUT2D eigenvalue weighted by molar-refractivity contribution is 9.10. The van der Waals surface area contributed by atoms with Crippen molar-refractivity contribution in [1.82, 2.24) is 5.32 Å². The number of hydrogen-bond acceptors (Lipinski definition) is 4. The van der Waals surface area contributed by atoms with E-state index >= 15 is 0 Å². The molecule has 1 aromatic rings. The number of amides is 1. The molecule has 0 saturated carbocycles. The minimum atomic E-state index is -0.950. The lowest BCUT2D eigenvalue weighted by Gasteiger charge is -2.16. The lowest BCUT2D eigenvalue weighted by atomic mass is 10.1. The van der Waals surface area contributed by atoms with Crippen LogP contribution in [0.25, 0.3) is 0 Å². The second kappa shape index (κ2) is 6.86. The van der Waals surface area contributed by atoms with E-state index in [4.69, 9.17) is 10.8 Å². The standard InChI is InChI=1S/C11H15BrN2O3S/c1-6(9-4-7(12)5-18-9)14-11(17)8(13)2-3-10(15)16/h4-6,8H,2-3,13H2,1H3,(H,14,17)(H,15,16)/t6-,8+/m1/s1. The molecule has 4 N–H and O–H groups in total. The van der Waals surface area contributed by atoms with Crippen molar-refractivity contribution < 1.29 is 14.7 Å². The molecule has 1 heterocycles. The van der Waals surface area contributed by atoms with E-state index in [9.17, 15) is 9.59 Å². The van der Waals surface area contributed by atoms with Gasteiger partial charge < -0.3 is 16.2 Å². The first-order chi connectivity index (χ1) is 8.40. The van der Waals surface area contributed by atoms with E-state index < -0.39 is 12.0 Å². The Morgan fingerprint density at radius 1 is 1.61 bits per heavy atom. The lowest BCUT2D eigenvalue weighted by Crippen LogP contribution is -2.41. The first-order valence-corrected chi connectivity index (χ1v) is 7.09. The summed E-state index contributed by atoms with van der Waals surface area (Å²) in [4.78, 5) is 23.1. The minimum absolute atomic E-state index is 0.104. The van der Waals surface area contributed by atoms with Crippen LogP contribution in [0.4, 0.5) is 0 Å². The van der Waals surface area contributed by atoms with Gasteiger partial charge in [0.15, 0.2) is 0 Å². The molecule has 0 fully saturated rings. The monoisotopic (exact) mass is 334 g/mol. The van der Waals surface area contributed by atoms with Crippen molar-refractivity contribution >= 4 is 39.1 Å². The Morgan fingerprint density at radius 2 is 2.28 bits per heavy atom. The molecule has 0 aromatic carbocycles. The van der Waals surface area contributed by atoms with Crippen LogP contribution in [0.3, 0.4) is 0 Å². The van der Waals surface area contributed by atoms with Gasteiger partial charge >= 0.3 is 5.97 Å². The molecule has 5 nitrogen and oxygen atoms in total. The van der Waals surface area contributed by atoms with Crippen molar-refractivity contribution in [2.24, 2.45) is 5.73 Å². The molecule has 100 valence electrons. The van der Waals surface area contributed by atoms with Crippen molar-refractivity contribution in [3.8, 4) is 0 Å². The highest BCUT2D eigenvalue weighted by Crippen LogP contribution is 2.25. The molecular formula is C11H15BrN2O3S. The Morgan fingerprint density at radius 3 is 2.78 bits per heavy atom. The number of nitrogens with two attached hydrogens (primary N) is 1.